The van der Waals surface area contributed by atoms with Crippen molar-refractivity contribution in [2.45, 2.75) is 38.8 Å². The Labute approximate surface area is 118 Å². The summed E-state index contributed by atoms with van der Waals surface area (Å²) in [7, 11) is 0. The first kappa shape index (κ1) is 14.8. The first-order chi connectivity index (χ1) is 9.69. The Hall–Kier alpha value is -1.62. The predicted molar refractivity (Wildman–Crippen MR) is 75.1 cm³/mol. The lowest BCUT2D eigenvalue weighted by Crippen LogP contribution is -2.30. The second-order valence-corrected chi connectivity index (χ2v) is 5.07. The second kappa shape index (κ2) is 7.24. The van der Waals surface area contributed by atoms with Gasteiger partial charge in [0.25, 0.3) is 5.91 Å². The van der Waals surface area contributed by atoms with Crippen molar-refractivity contribution in [1.29, 1.82) is 0 Å². The van der Waals surface area contributed by atoms with Crippen LogP contribution in [0.25, 0.3) is 0 Å². The van der Waals surface area contributed by atoms with E-state index in [1.54, 1.807) is 12.1 Å². The molecule has 1 saturated carbocycles. The molecule has 1 amide bonds. The van der Waals surface area contributed by atoms with Gasteiger partial charge in [0.05, 0.1) is 0 Å². The van der Waals surface area contributed by atoms with Gasteiger partial charge in [0, 0.05) is 12.6 Å². The van der Waals surface area contributed by atoms with Gasteiger partial charge in [0.1, 0.15) is 0 Å². The number of halogens is 1. The Morgan fingerprint density at radius 3 is 2.90 bits per heavy atom. The van der Waals surface area contributed by atoms with Crippen LogP contribution in [-0.2, 0) is 11.3 Å². The van der Waals surface area contributed by atoms with Crippen molar-refractivity contribution in [3.63, 3.8) is 0 Å². The average Bonchev–Trinajstić information content (AvgIpc) is 3.22. The second-order valence-electron chi connectivity index (χ2n) is 5.07. The number of hydrogen-bond donors (Lipinski definition) is 2. The highest BCUT2D eigenvalue weighted by Gasteiger charge is 2.23. The molecule has 20 heavy (non-hydrogen) atoms. The normalized spacial score (nSPS) is 14.1. The predicted octanol–water partition coefficient (Wildman–Crippen LogP) is 1.98. The minimum absolute atomic E-state index is 0.121. The van der Waals surface area contributed by atoms with Crippen molar-refractivity contribution < 1.29 is 13.9 Å². The molecule has 1 aliphatic rings. The summed E-state index contributed by atoms with van der Waals surface area (Å²) in [6.07, 6.45) is 3.10. The summed E-state index contributed by atoms with van der Waals surface area (Å²) in [6, 6.07) is 5.11. The highest BCUT2D eigenvalue weighted by atomic mass is 19.1. The number of carbonyl (C=O) groups is 1. The monoisotopic (exact) mass is 280 g/mol. The summed E-state index contributed by atoms with van der Waals surface area (Å²) >= 11 is 0. The van der Waals surface area contributed by atoms with Crippen molar-refractivity contribution in [3.8, 4) is 5.75 Å². The molecule has 0 unspecified atom stereocenters. The summed E-state index contributed by atoms with van der Waals surface area (Å²) in [5.41, 5.74) is 0.866. The van der Waals surface area contributed by atoms with Crippen LogP contribution in [0.5, 0.6) is 5.75 Å². The van der Waals surface area contributed by atoms with Crippen LogP contribution in [0.4, 0.5) is 4.39 Å². The SMILES string of the molecule is CCCNCc1ccc(OCC(=O)NC2CC2)c(F)c1. The fourth-order valence-electron chi connectivity index (χ4n) is 1.82. The van der Waals surface area contributed by atoms with E-state index < -0.39 is 5.82 Å². The third-order valence-electron chi connectivity index (χ3n) is 3.05. The molecule has 4 nitrogen and oxygen atoms in total. The van der Waals surface area contributed by atoms with Gasteiger partial charge in [-0.3, -0.25) is 4.79 Å². The third kappa shape index (κ3) is 4.81. The summed E-state index contributed by atoms with van der Waals surface area (Å²) in [5.74, 6) is -0.504. The highest BCUT2D eigenvalue weighted by Crippen LogP contribution is 2.20. The zero-order chi connectivity index (χ0) is 14.4. The maximum Gasteiger partial charge on any atom is 0.258 e. The van der Waals surface area contributed by atoms with E-state index >= 15 is 0 Å². The molecule has 1 fully saturated rings. The lowest BCUT2D eigenvalue weighted by atomic mass is 10.2. The van der Waals surface area contributed by atoms with E-state index in [4.69, 9.17) is 4.74 Å². The van der Waals surface area contributed by atoms with Crippen LogP contribution in [0.3, 0.4) is 0 Å². The van der Waals surface area contributed by atoms with Gasteiger partial charge in [0.2, 0.25) is 0 Å². The zero-order valence-corrected chi connectivity index (χ0v) is 11.7. The van der Waals surface area contributed by atoms with E-state index in [0.29, 0.717) is 12.6 Å². The fraction of sp³-hybridized carbons (Fsp3) is 0.533. The molecule has 0 radical (unpaired) electrons. The molecule has 0 aliphatic heterocycles. The molecule has 0 bridgehead atoms. The molecule has 0 heterocycles. The Morgan fingerprint density at radius 2 is 2.25 bits per heavy atom. The molecule has 0 saturated heterocycles. The molecule has 5 heteroatoms. The molecule has 0 aromatic heterocycles. The largest absolute Gasteiger partial charge is 0.481 e. The maximum atomic E-state index is 13.8. The quantitative estimate of drug-likeness (QED) is 0.716. The van der Waals surface area contributed by atoms with E-state index in [1.165, 1.54) is 6.07 Å². The van der Waals surface area contributed by atoms with Gasteiger partial charge in [0.15, 0.2) is 18.2 Å². The van der Waals surface area contributed by atoms with Crippen molar-refractivity contribution in [3.05, 3.63) is 29.6 Å². The molecule has 2 rings (SSSR count). The standard InChI is InChI=1S/C15H21FN2O2/c1-2-7-17-9-11-3-6-14(13(16)8-11)20-10-15(19)18-12-4-5-12/h3,6,8,12,17H,2,4-5,7,9-10H2,1H3,(H,18,19). The number of nitrogens with one attached hydrogen (secondary N) is 2. The van der Waals surface area contributed by atoms with Crippen LogP contribution in [0, 0.1) is 5.82 Å². The minimum atomic E-state index is -0.431. The fourth-order valence-corrected chi connectivity index (χ4v) is 1.82. The van der Waals surface area contributed by atoms with E-state index in [-0.39, 0.29) is 18.3 Å². The van der Waals surface area contributed by atoms with Crippen LogP contribution in [0.1, 0.15) is 31.7 Å². The van der Waals surface area contributed by atoms with Gasteiger partial charge in [-0.25, -0.2) is 4.39 Å². The number of amides is 1. The van der Waals surface area contributed by atoms with E-state index in [0.717, 1.165) is 31.4 Å². The summed E-state index contributed by atoms with van der Waals surface area (Å²) < 4.78 is 19.0. The first-order valence-electron chi connectivity index (χ1n) is 7.10. The molecule has 1 aromatic carbocycles. The number of carbonyl (C=O) groups excluding carboxylic acids is 1. The van der Waals surface area contributed by atoms with Crippen molar-refractivity contribution in [2.75, 3.05) is 13.2 Å². The van der Waals surface area contributed by atoms with Gasteiger partial charge in [-0.1, -0.05) is 13.0 Å². The van der Waals surface area contributed by atoms with Gasteiger partial charge in [-0.2, -0.15) is 0 Å². The Bertz CT molecular complexity index is 461. The van der Waals surface area contributed by atoms with Crippen LogP contribution < -0.4 is 15.4 Å². The van der Waals surface area contributed by atoms with Gasteiger partial charge < -0.3 is 15.4 Å². The van der Waals surface area contributed by atoms with Gasteiger partial charge >= 0.3 is 0 Å². The first-order valence-corrected chi connectivity index (χ1v) is 7.10. The average molecular weight is 280 g/mol. The van der Waals surface area contributed by atoms with E-state index in [9.17, 15) is 9.18 Å². The van der Waals surface area contributed by atoms with Crippen molar-refractivity contribution in [1.82, 2.24) is 10.6 Å². The lowest BCUT2D eigenvalue weighted by molar-refractivity contribution is -0.123. The number of ether oxygens (including phenoxy) is 1. The van der Waals surface area contributed by atoms with Crippen molar-refractivity contribution >= 4 is 5.91 Å². The molecular weight excluding hydrogens is 259 g/mol. The molecule has 110 valence electrons. The molecule has 1 aromatic rings. The molecular formula is C15H21FN2O2. The topological polar surface area (TPSA) is 50.4 Å². The van der Waals surface area contributed by atoms with Crippen LogP contribution in [-0.4, -0.2) is 25.1 Å². The van der Waals surface area contributed by atoms with Gasteiger partial charge in [-0.15, -0.1) is 0 Å². The maximum absolute atomic E-state index is 13.8. The lowest BCUT2D eigenvalue weighted by Gasteiger charge is -2.09. The smallest absolute Gasteiger partial charge is 0.258 e. The summed E-state index contributed by atoms with van der Waals surface area (Å²) in [6.45, 7) is 3.48. The summed E-state index contributed by atoms with van der Waals surface area (Å²) in [4.78, 5) is 11.5. The van der Waals surface area contributed by atoms with Crippen molar-refractivity contribution in [2.24, 2.45) is 0 Å². The molecule has 0 atom stereocenters. The summed E-state index contributed by atoms with van der Waals surface area (Å²) in [5, 5.41) is 6.00. The molecule has 1 aliphatic carbocycles. The number of benzene rings is 1. The van der Waals surface area contributed by atoms with E-state index in [2.05, 4.69) is 17.6 Å². The van der Waals surface area contributed by atoms with Crippen LogP contribution >= 0.6 is 0 Å². The number of hydrogen-bond acceptors (Lipinski definition) is 3. The third-order valence-corrected chi connectivity index (χ3v) is 3.05. The zero-order valence-electron chi connectivity index (χ0n) is 11.7. The highest BCUT2D eigenvalue weighted by molar-refractivity contribution is 5.78. The Balaban J connectivity index is 1.80. The Morgan fingerprint density at radius 1 is 1.45 bits per heavy atom. The van der Waals surface area contributed by atoms with E-state index in [1.807, 2.05) is 0 Å². The number of rotatable bonds is 8. The Kier molecular flexibility index (Phi) is 5.35. The van der Waals surface area contributed by atoms with Crippen LogP contribution in [0.2, 0.25) is 0 Å². The van der Waals surface area contributed by atoms with Gasteiger partial charge in [-0.05, 0) is 43.5 Å². The molecule has 2 N–H and O–H groups in total. The van der Waals surface area contributed by atoms with Crippen LogP contribution in [0.15, 0.2) is 18.2 Å². The molecule has 0 spiro atoms. The minimum Gasteiger partial charge on any atom is -0.481 e.